The maximum absolute atomic E-state index is 12.9. The van der Waals surface area contributed by atoms with Gasteiger partial charge in [-0.25, -0.2) is 14.2 Å². The van der Waals surface area contributed by atoms with Gasteiger partial charge < -0.3 is 19.6 Å². The molecule has 2 aromatic heterocycles. The molecule has 30 heavy (non-hydrogen) atoms. The predicted octanol–water partition coefficient (Wildman–Crippen LogP) is 3.41. The number of carbonyl (C=O) groups is 2. The summed E-state index contributed by atoms with van der Waals surface area (Å²) in [5, 5.41) is 0.274. The number of esters is 2. The molecule has 0 aliphatic rings. The van der Waals surface area contributed by atoms with Crippen molar-refractivity contribution in [3.63, 3.8) is 0 Å². The Bertz CT molecular complexity index is 1070. The summed E-state index contributed by atoms with van der Waals surface area (Å²) in [6, 6.07) is 6.07. The Labute approximate surface area is 176 Å². The molecule has 8 nitrogen and oxygen atoms in total. The third-order valence-corrected chi connectivity index (χ3v) is 5.02. The zero-order valence-electron chi connectivity index (χ0n) is 16.4. The number of aryl methyl sites for hydroxylation is 1. The highest BCUT2D eigenvalue weighted by molar-refractivity contribution is 7.99. The van der Waals surface area contributed by atoms with Crippen molar-refractivity contribution in [3.8, 4) is 0 Å². The van der Waals surface area contributed by atoms with Crippen LogP contribution in [0, 0.1) is 12.7 Å². The van der Waals surface area contributed by atoms with Gasteiger partial charge in [-0.2, -0.15) is 4.98 Å². The third-order valence-electron chi connectivity index (χ3n) is 4.05. The minimum atomic E-state index is -0.568. The average molecular weight is 433 g/mol. The number of furan rings is 1. The molecule has 158 valence electrons. The first-order chi connectivity index (χ1) is 14.4. The molecule has 0 amide bonds. The molecule has 10 heteroatoms. The number of ether oxygens (including phenoxy) is 2. The highest BCUT2D eigenvalue weighted by atomic mass is 32.2. The van der Waals surface area contributed by atoms with E-state index in [1.807, 2.05) is 0 Å². The highest BCUT2D eigenvalue weighted by Gasteiger charge is 2.24. The number of fused-ring (bicyclic) bond motifs is 1. The normalized spacial score (nSPS) is 10.9. The number of hydrogen-bond acceptors (Lipinski definition) is 9. The van der Waals surface area contributed by atoms with Crippen LogP contribution < -0.4 is 5.73 Å². The minimum Gasteiger partial charge on any atom is -0.462 e. The van der Waals surface area contributed by atoms with E-state index in [-0.39, 0.29) is 53.1 Å². The van der Waals surface area contributed by atoms with Gasteiger partial charge in [-0.15, -0.1) is 11.8 Å². The fraction of sp³-hybridized carbons (Fsp3) is 0.300. The second kappa shape index (κ2) is 9.57. The largest absolute Gasteiger partial charge is 0.462 e. The van der Waals surface area contributed by atoms with Gasteiger partial charge >= 0.3 is 11.9 Å². The number of benzene rings is 1. The van der Waals surface area contributed by atoms with Crippen LogP contribution >= 0.6 is 11.8 Å². The molecule has 3 rings (SSSR count). The lowest BCUT2D eigenvalue weighted by Gasteiger charge is -2.06. The van der Waals surface area contributed by atoms with Crippen LogP contribution in [0.3, 0.4) is 0 Å². The Morgan fingerprint density at radius 3 is 2.63 bits per heavy atom. The first kappa shape index (κ1) is 21.6. The van der Waals surface area contributed by atoms with Crippen molar-refractivity contribution >= 4 is 40.6 Å². The van der Waals surface area contributed by atoms with E-state index < -0.39 is 11.9 Å². The van der Waals surface area contributed by atoms with Gasteiger partial charge in [-0.3, -0.25) is 4.79 Å². The second-order valence-corrected chi connectivity index (χ2v) is 7.22. The summed E-state index contributed by atoms with van der Waals surface area (Å²) in [5.41, 5.74) is 7.19. The van der Waals surface area contributed by atoms with E-state index in [1.54, 1.807) is 26.0 Å². The fourth-order valence-electron chi connectivity index (χ4n) is 2.72. The van der Waals surface area contributed by atoms with E-state index in [1.165, 1.54) is 23.9 Å². The van der Waals surface area contributed by atoms with Crippen LogP contribution in [0.2, 0.25) is 0 Å². The number of thioether (sulfide) groups is 1. The van der Waals surface area contributed by atoms with Crippen molar-refractivity contribution in [1.82, 2.24) is 9.97 Å². The monoisotopic (exact) mass is 433 g/mol. The molecule has 0 bridgehead atoms. The molecule has 0 saturated heterocycles. The number of rotatable bonds is 8. The zero-order valence-corrected chi connectivity index (χ0v) is 17.3. The Hall–Kier alpha value is -3.14. The summed E-state index contributed by atoms with van der Waals surface area (Å²) in [6.45, 7) is 3.31. The van der Waals surface area contributed by atoms with Crippen LogP contribution in [-0.2, 0) is 26.6 Å². The van der Waals surface area contributed by atoms with Gasteiger partial charge in [-0.05, 0) is 31.5 Å². The lowest BCUT2D eigenvalue weighted by atomic mass is 10.2. The van der Waals surface area contributed by atoms with Crippen molar-refractivity contribution in [3.05, 3.63) is 52.8 Å². The molecule has 0 aliphatic heterocycles. The Morgan fingerprint density at radius 1 is 1.20 bits per heavy atom. The summed E-state index contributed by atoms with van der Waals surface area (Å²) >= 11 is 1.34. The van der Waals surface area contributed by atoms with Gasteiger partial charge in [0, 0.05) is 5.75 Å². The number of nitrogens with zero attached hydrogens (tertiary/aromatic N) is 2. The number of hydrogen-bond donors (Lipinski definition) is 1. The van der Waals surface area contributed by atoms with Gasteiger partial charge in [0.05, 0.1) is 17.7 Å². The lowest BCUT2D eigenvalue weighted by molar-refractivity contribution is -0.141. The smallest absolute Gasteiger partial charge is 0.342 e. The molecule has 3 aromatic rings. The van der Waals surface area contributed by atoms with Gasteiger partial charge in [-0.1, -0.05) is 12.1 Å². The second-order valence-electron chi connectivity index (χ2n) is 6.24. The van der Waals surface area contributed by atoms with E-state index in [0.717, 1.165) is 5.56 Å². The molecule has 0 aliphatic carbocycles. The van der Waals surface area contributed by atoms with Crippen molar-refractivity contribution in [2.75, 3.05) is 18.1 Å². The molecule has 2 N–H and O–H groups in total. The van der Waals surface area contributed by atoms with Crippen molar-refractivity contribution < 1.29 is 27.9 Å². The third kappa shape index (κ3) is 5.07. The average Bonchev–Trinajstić information content (AvgIpc) is 3.04. The Balaban J connectivity index is 1.60. The summed E-state index contributed by atoms with van der Waals surface area (Å²) < 4.78 is 28.6. The van der Waals surface area contributed by atoms with E-state index >= 15 is 0 Å². The summed E-state index contributed by atoms with van der Waals surface area (Å²) in [4.78, 5) is 32.4. The van der Waals surface area contributed by atoms with E-state index in [0.29, 0.717) is 11.5 Å². The van der Waals surface area contributed by atoms with Crippen LogP contribution in [0.5, 0.6) is 0 Å². The first-order valence-electron chi connectivity index (χ1n) is 9.09. The van der Waals surface area contributed by atoms with E-state index in [4.69, 9.17) is 19.6 Å². The molecule has 0 unspecified atom stereocenters. The number of halogens is 1. The molecule has 1 aromatic carbocycles. The number of aromatic nitrogens is 2. The lowest BCUT2D eigenvalue weighted by Crippen LogP contribution is -2.11. The van der Waals surface area contributed by atoms with E-state index in [9.17, 15) is 14.0 Å². The van der Waals surface area contributed by atoms with Crippen molar-refractivity contribution in [1.29, 1.82) is 0 Å². The van der Waals surface area contributed by atoms with Gasteiger partial charge in [0.15, 0.2) is 12.4 Å². The zero-order chi connectivity index (χ0) is 21.7. The molecule has 0 atom stereocenters. The van der Waals surface area contributed by atoms with Crippen LogP contribution in [0.1, 0.15) is 34.4 Å². The molecule has 0 spiro atoms. The maximum atomic E-state index is 12.9. The molecular weight excluding hydrogens is 413 g/mol. The Kier molecular flexibility index (Phi) is 6.88. The van der Waals surface area contributed by atoms with E-state index in [2.05, 4.69) is 9.97 Å². The molecule has 0 saturated carbocycles. The topological polar surface area (TPSA) is 118 Å². The van der Waals surface area contributed by atoms with Crippen LogP contribution in [-0.4, -0.2) is 34.3 Å². The highest BCUT2D eigenvalue weighted by Crippen LogP contribution is 2.29. The number of carbonyl (C=O) groups excluding carboxylic acids is 2. The first-order valence-corrected chi connectivity index (χ1v) is 10.2. The van der Waals surface area contributed by atoms with Crippen molar-refractivity contribution in [2.24, 2.45) is 0 Å². The molecule has 0 radical (unpaired) electrons. The number of nitrogens with two attached hydrogens (primary N) is 1. The maximum Gasteiger partial charge on any atom is 0.342 e. The minimum absolute atomic E-state index is 0.0386. The van der Waals surface area contributed by atoms with Crippen molar-refractivity contribution in [2.45, 2.75) is 26.2 Å². The van der Waals surface area contributed by atoms with Crippen LogP contribution in [0.25, 0.3) is 11.1 Å². The standard InChI is InChI=1S/C20H20FN3O5S/c1-3-27-20(26)16-11(2)29-19-17(16)18(22)23-14(24-19)8-28-15(25)10-30-9-12-4-6-13(21)7-5-12/h4-7H,3,8-10H2,1-2H3,(H2,22,23,24). The quantitative estimate of drug-likeness (QED) is 0.533. The van der Waals surface area contributed by atoms with Gasteiger partial charge in [0.2, 0.25) is 5.71 Å². The Morgan fingerprint density at radius 2 is 1.93 bits per heavy atom. The molecular formula is C20H20FN3O5S. The summed E-state index contributed by atoms with van der Waals surface area (Å²) in [6.07, 6.45) is 0. The van der Waals surface area contributed by atoms with Gasteiger partial charge in [0.25, 0.3) is 0 Å². The summed E-state index contributed by atoms with van der Waals surface area (Å²) in [5.74, 6) is -0.155. The summed E-state index contributed by atoms with van der Waals surface area (Å²) in [7, 11) is 0. The molecule has 2 heterocycles. The predicted molar refractivity (Wildman–Crippen MR) is 109 cm³/mol. The SMILES string of the molecule is CCOC(=O)c1c(C)oc2nc(COC(=O)CSCc3ccc(F)cc3)nc(N)c12. The van der Waals surface area contributed by atoms with Gasteiger partial charge in [0.1, 0.15) is 23.0 Å². The molecule has 0 fully saturated rings. The fourth-order valence-corrected chi connectivity index (χ4v) is 3.50. The van der Waals surface area contributed by atoms with Crippen LogP contribution in [0.4, 0.5) is 10.2 Å². The number of nitrogen functional groups attached to an aromatic ring is 1. The number of anilines is 1. The van der Waals surface area contributed by atoms with Crippen LogP contribution in [0.15, 0.2) is 28.7 Å².